The zero-order valence-corrected chi connectivity index (χ0v) is 37.1. The van der Waals surface area contributed by atoms with Gasteiger partial charge in [0.1, 0.15) is 0 Å². The van der Waals surface area contributed by atoms with Crippen molar-refractivity contribution in [3.63, 3.8) is 0 Å². The summed E-state index contributed by atoms with van der Waals surface area (Å²) in [6, 6.07) is 0. The minimum Gasteiger partial charge on any atom is -0.0461 e. The first-order valence-corrected chi connectivity index (χ1v) is 32.8. The first kappa shape index (κ1) is 24.4. The van der Waals surface area contributed by atoms with Crippen LogP contribution in [0.2, 0.25) is 0 Å². The van der Waals surface area contributed by atoms with Crippen molar-refractivity contribution in [3.8, 4) is 0 Å². The van der Waals surface area contributed by atoms with Gasteiger partial charge >= 0.3 is 0 Å². The van der Waals surface area contributed by atoms with Crippen molar-refractivity contribution in [1.29, 1.82) is 0 Å². The van der Waals surface area contributed by atoms with E-state index in [2.05, 4.69) is 0 Å². The van der Waals surface area contributed by atoms with Crippen molar-refractivity contribution in [2.24, 2.45) is 357 Å². The van der Waals surface area contributed by atoms with Crippen molar-refractivity contribution in [3.05, 3.63) is 0 Å². The van der Waals surface area contributed by atoms with Crippen LogP contribution in [-0.4, -0.2) is 0 Å². The standard InChI is InChI=1S/C66H50/c1-5-2-8-12-16-20-24-28-32-36-40-45-46-42-38-34-30-26-22-18-14-10-4-6-3-9-13-17-21-25-29-33-37-41-44-43-39-35-31-27-23-19-15-11-7(1)47(5,8)49(11,12)51(15,16)53(19,20)55(23,24)57(27,28)59(31,32)61(35,36)63(39,40)65(43,45)66(44,46)64(41,42)62(37,38)60(33,34)58(29,30)56(25,26)54(21,22)52(17,18)50(13,14)48(6,9)10/h5-46H,1-4H2. The molecule has 42 rings (SSSR count). The van der Waals surface area contributed by atoms with Crippen LogP contribution in [0.1, 0.15) is 25.7 Å². The van der Waals surface area contributed by atoms with Crippen molar-refractivity contribution < 1.29 is 0 Å². The molecule has 42 saturated carbocycles. The molecule has 0 aromatic carbocycles. The molecule has 0 heteroatoms. The van der Waals surface area contributed by atoms with E-state index >= 15 is 0 Å². The maximum atomic E-state index is 1.77. The summed E-state index contributed by atoms with van der Waals surface area (Å²) in [6.45, 7) is 0. The largest absolute Gasteiger partial charge is 0.0461 e. The fourth-order valence-electron chi connectivity index (χ4n) is 62.9. The van der Waals surface area contributed by atoms with Gasteiger partial charge in [-0.15, -0.1) is 0 Å². The van der Waals surface area contributed by atoms with E-state index in [9.17, 15) is 0 Å². The lowest BCUT2D eigenvalue weighted by molar-refractivity contribution is -0.960. The zero-order chi connectivity index (χ0) is 37.1. The topological polar surface area (TPSA) is 0 Å². The Bertz CT molecular complexity index is 3520. The van der Waals surface area contributed by atoms with Crippen LogP contribution >= 0.6 is 0 Å². The molecule has 40 atom stereocenters. The van der Waals surface area contributed by atoms with Crippen LogP contribution in [0.5, 0.6) is 0 Å². The van der Waals surface area contributed by atoms with E-state index in [4.69, 9.17) is 0 Å². The van der Waals surface area contributed by atoms with E-state index in [-0.39, 0.29) is 0 Å². The molecule has 0 bridgehead atoms. The zero-order valence-electron chi connectivity index (χ0n) is 37.1. The second-order valence-electron chi connectivity index (χ2n) is 41.2. The number of hydrogen-bond donors (Lipinski definition) is 0. The third-order valence-electron chi connectivity index (χ3n) is 52.8. The molecule has 0 heterocycles. The molecule has 42 fully saturated rings. The van der Waals surface area contributed by atoms with Crippen LogP contribution in [0.3, 0.4) is 0 Å². The van der Waals surface area contributed by atoms with Gasteiger partial charge in [-0.05, 0) is 383 Å². The van der Waals surface area contributed by atoms with Crippen LogP contribution in [0.25, 0.3) is 0 Å². The molecule has 66 heavy (non-hydrogen) atoms. The monoisotopic (exact) mass is 842 g/mol. The lowest BCUT2D eigenvalue weighted by atomic mass is 8.62. The summed E-state index contributed by atoms with van der Waals surface area (Å²) in [5, 5.41) is 0. The van der Waals surface area contributed by atoms with Gasteiger partial charge < -0.3 is 0 Å². The van der Waals surface area contributed by atoms with Crippen molar-refractivity contribution in [2.45, 2.75) is 25.7 Å². The lowest BCUT2D eigenvalue weighted by Crippen LogP contribution is -3.39. The minimum absolute atomic E-state index is 1.07. The number of hydrogen-bond acceptors (Lipinski definition) is 0. The van der Waals surface area contributed by atoms with Gasteiger partial charge in [-0.2, -0.15) is 0 Å². The van der Waals surface area contributed by atoms with Crippen LogP contribution in [0.4, 0.5) is 0 Å². The number of fused-ring (bicyclic) bond motifs is 38. The summed E-state index contributed by atoms with van der Waals surface area (Å²) in [4.78, 5) is 0. The Morgan fingerprint density at radius 3 is 0.394 bits per heavy atom. The van der Waals surface area contributed by atoms with Crippen LogP contribution in [-0.2, 0) is 0 Å². The molecule has 0 saturated heterocycles. The average Bonchev–Trinajstić information content (AvgIpc) is 3.24. The molecule has 40 unspecified atom stereocenters. The predicted octanol–water partition coefficient (Wildman–Crippen LogP) is 6.73. The van der Waals surface area contributed by atoms with E-state index < -0.39 is 0 Å². The third-order valence-corrected chi connectivity index (χ3v) is 52.8. The lowest BCUT2D eigenvalue weighted by Gasteiger charge is -3.41. The van der Waals surface area contributed by atoms with E-state index in [1.165, 1.54) is 249 Å². The fraction of sp³-hybridized carbons (Fsp3) is 1.00. The van der Waals surface area contributed by atoms with Crippen LogP contribution in [0.15, 0.2) is 0 Å². The Kier molecular flexibility index (Phi) is 1.57. The molecule has 0 radical (unpaired) electrons. The first-order chi connectivity index (χ1) is 32.8. The van der Waals surface area contributed by atoms with Crippen molar-refractivity contribution in [1.82, 2.24) is 0 Å². The molecule has 42 aliphatic carbocycles. The maximum Gasteiger partial charge on any atom is -0.00932 e. The molecule has 0 aromatic rings. The molecule has 0 aliphatic heterocycles. The summed E-state index contributed by atoms with van der Waals surface area (Å²) >= 11 is 0. The molecule has 42 aliphatic rings. The van der Waals surface area contributed by atoms with Crippen LogP contribution < -0.4 is 0 Å². The Morgan fingerprint density at radius 2 is 0.258 bits per heavy atom. The Hall–Kier alpha value is 0. The van der Waals surface area contributed by atoms with Crippen molar-refractivity contribution >= 4 is 0 Å². The predicted molar refractivity (Wildman–Crippen MR) is 214 cm³/mol. The van der Waals surface area contributed by atoms with E-state index in [0.29, 0.717) is 0 Å². The Balaban J connectivity index is 0.516. The molecule has 0 aromatic heterocycles. The second kappa shape index (κ2) is 4.26. The average molecular weight is 843 g/mol. The summed E-state index contributed by atoms with van der Waals surface area (Å²) in [7, 11) is 0. The van der Waals surface area contributed by atoms with Gasteiger partial charge in [0, 0.05) is 0 Å². The highest BCUT2D eigenvalue weighted by molar-refractivity contribution is 5.88. The number of rotatable bonds is 0. The first-order valence-electron chi connectivity index (χ1n) is 32.8. The van der Waals surface area contributed by atoms with Gasteiger partial charge in [-0.25, -0.2) is 0 Å². The van der Waals surface area contributed by atoms with Gasteiger partial charge in [-0.3, -0.25) is 0 Å². The molecule has 0 amide bonds. The Labute approximate surface area is 380 Å². The van der Waals surface area contributed by atoms with Crippen molar-refractivity contribution in [2.75, 3.05) is 0 Å². The SMILES string of the molecule is C1C2CC3C4C5C6C7C8C9C%10C%11C%12C%13C%14C%15C%16C%17C%18C%19C%20C%21C%22CC%23CC%24C%25C%26C%27C%28C%29C%30C%31C%32C%33C%34C%35C%36C%37C%38C%39C%40C%41C%42C1C23C%424C%415C%406C%397C%388C%379C%36%10C%35%11C%34%12C%33%13C%32%14C%31%15C%30%16C%29%17C%28%18C%27%19C%26%20C%25%21C%23%24%22. The van der Waals surface area contributed by atoms with E-state index in [0.717, 1.165) is 108 Å². The highest BCUT2D eigenvalue weighted by atomic mass is 15.5. The van der Waals surface area contributed by atoms with E-state index in [1.807, 2.05) is 0 Å². The molecule has 314 valence electrons. The van der Waals surface area contributed by atoms with E-state index in [1.54, 1.807) is 25.7 Å². The highest BCUT2D eigenvalue weighted by Gasteiger charge is 3.43. The summed E-state index contributed by atoms with van der Waals surface area (Å²) in [5.41, 5.74) is 21.9. The highest BCUT2D eigenvalue weighted by Crippen LogP contribution is 3.45. The van der Waals surface area contributed by atoms with Gasteiger partial charge in [-0.1, -0.05) is 0 Å². The van der Waals surface area contributed by atoms with Gasteiger partial charge in [0.25, 0.3) is 0 Å². The molecule has 0 N–H and O–H groups in total. The Morgan fingerprint density at radius 1 is 0.136 bits per heavy atom. The normalized spacial score (nSPS) is 128. The molecular weight excluding hydrogens is 793 g/mol. The maximum absolute atomic E-state index is 1.77. The summed E-state index contributed by atoms with van der Waals surface area (Å²) in [6.07, 6.45) is 7.08. The van der Waals surface area contributed by atoms with Gasteiger partial charge in [0.05, 0.1) is 0 Å². The summed E-state index contributed by atoms with van der Waals surface area (Å²) in [5.74, 6) is 58.0. The van der Waals surface area contributed by atoms with Gasteiger partial charge in [0.2, 0.25) is 0 Å². The molecule has 0 nitrogen and oxygen atoms in total. The second-order valence-corrected chi connectivity index (χ2v) is 41.2. The third kappa shape index (κ3) is 0.727. The minimum atomic E-state index is 1.07. The molecular formula is C66H50. The fourth-order valence-corrected chi connectivity index (χ4v) is 62.9. The smallest absolute Gasteiger partial charge is 0.00932 e. The van der Waals surface area contributed by atoms with Gasteiger partial charge in [0.15, 0.2) is 0 Å². The van der Waals surface area contributed by atoms with Crippen LogP contribution in [0, 0.1) is 357 Å². The molecule has 20 spiro atoms. The summed E-state index contributed by atoms with van der Waals surface area (Å²) < 4.78 is 0. The quantitative estimate of drug-likeness (QED) is 0.254.